The predicted octanol–water partition coefficient (Wildman–Crippen LogP) is 4.08. The van der Waals surface area contributed by atoms with Crippen molar-refractivity contribution in [2.24, 2.45) is 0 Å². The first kappa shape index (κ1) is 18.7. The number of fused-ring (bicyclic) bond motifs is 3. The Morgan fingerprint density at radius 1 is 1.03 bits per heavy atom. The van der Waals surface area contributed by atoms with Crippen LogP contribution in [0.4, 0.5) is 16.3 Å². The minimum Gasteiger partial charge on any atom is -0.382 e. The van der Waals surface area contributed by atoms with Gasteiger partial charge < -0.3 is 20.9 Å². The summed E-state index contributed by atoms with van der Waals surface area (Å²) in [7, 11) is 0. The molecule has 0 spiro atoms. The number of amides is 2. The molecular weight excluding hydrogens is 364 g/mol. The third kappa shape index (κ3) is 3.99. The zero-order valence-corrected chi connectivity index (χ0v) is 16.4. The zero-order valence-electron chi connectivity index (χ0n) is 16.4. The van der Waals surface area contributed by atoms with Crippen LogP contribution in [0.5, 0.6) is 0 Å². The van der Waals surface area contributed by atoms with Gasteiger partial charge in [0.1, 0.15) is 11.3 Å². The van der Waals surface area contributed by atoms with Crippen molar-refractivity contribution in [1.82, 2.24) is 19.9 Å². The molecule has 2 aromatic heterocycles. The van der Waals surface area contributed by atoms with Crippen LogP contribution in [0.2, 0.25) is 0 Å². The fourth-order valence-corrected chi connectivity index (χ4v) is 3.54. The van der Waals surface area contributed by atoms with Crippen LogP contribution >= 0.6 is 0 Å². The third-order valence-electron chi connectivity index (χ3n) is 4.93. The van der Waals surface area contributed by atoms with E-state index in [2.05, 4.69) is 31.2 Å². The lowest BCUT2D eigenvalue weighted by Gasteiger charge is -2.10. The van der Waals surface area contributed by atoms with E-state index >= 15 is 0 Å². The number of aryl methyl sites for hydroxylation is 2. The Balaban J connectivity index is 1.39. The standard InChI is InChI=1S/C22H24N6O/c1-15-25-19-20(17-11-5-6-12-18(17)27-21(19)23)28(15)14-8-7-13-24-22(29)26-16-9-3-2-4-10-16/h2-6,9-12H,7-8,13-14H2,1H3,(H2,23,27)(H2,24,26,29). The van der Waals surface area contributed by atoms with Gasteiger partial charge in [-0.25, -0.2) is 14.8 Å². The molecule has 2 aromatic carbocycles. The fourth-order valence-electron chi connectivity index (χ4n) is 3.54. The molecular formula is C22H24N6O. The summed E-state index contributed by atoms with van der Waals surface area (Å²) >= 11 is 0. The smallest absolute Gasteiger partial charge is 0.319 e. The van der Waals surface area contributed by atoms with E-state index in [0.717, 1.165) is 52.8 Å². The number of carbonyl (C=O) groups is 1. The summed E-state index contributed by atoms with van der Waals surface area (Å²) in [6, 6.07) is 17.2. The summed E-state index contributed by atoms with van der Waals surface area (Å²) in [5.41, 5.74) is 9.57. The number of rotatable bonds is 6. The van der Waals surface area contributed by atoms with Gasteiger partial charge in [-0.3, -0.25) is 0 Å². The number of nitrogens with two attached hydrogens (primary N) is 1. The van der Waals surface area contributed by atoms with E-state index < -0.39 is 0 Å². The second-order valence-electron chi connectivity index (χ2n) is 6.98. The zero-order chi connectivity index (χ0) is 20.2. The Morgan fingerprint density at radius 3 is 2.62 bits per heavy atom. The van der Waals surface area contributed by atoms with E-state index in [-0.39, 0.29) is 6.03 Å². The molecule has 7 nitrogen and oxygen atoms in total. The summed E-state index contributed by atoms with van der Waals surface area (Å²) in [6.07, 6.45) is 1.77. The lowest BCUT2D eigenvalue weighted by Crippen LogP contribution is -2.29. The minimum atomic E-state index is -0.190. The number of pyridine rings is 1. The predicted molar refractivity (Wildman–Crippen MR) is 117 cm³/mol. The van der Waals surface area contributed by atoms with Gasteiger partial charge in [-0.2, -0.15) is 0 Å². The maximum absolute atomic E-state index is 12.0. The molecule has 0 bridgehead atoms. The molecule has 0 unspecified atom stereocenters. The number of benzene rings is 2. The number of nitrogen functional groups attached to an aromatic ring is 1. The molecule has 0 aliphatic carbocycles. The Hall–Kier alpha value is -3.61. The van der Waals surface area contributed by atoms with E-state index in [1.165, 1.54) is 0 Å². The molecule has 0 radical (unpaired) electrons. The van der Waals surface area contributed by atoms with Crippen molar-refractivity contribution in [1.29, 1.82) is 0 Å². The lowest BCUT2D eigenvalue weighted by atomic mass is 10.2. The van der Waals surface area contributed by atoms with Crippen molar-refractivity contribution in [2.45, 2.75) is 26.3 Å². The fraction of sp³-hybridized carbons (Fsp3) is 0.227. The Morgan fingerprint density at radius 2 is 1.79 bits per heavy atom. The monoisotopic (exact) mass is 388 g/mol. The molecule has 0 atom stereocenters. The molecule has 4 aromatic rings. The number of para-hydroxylation sites is 2. The Kier molecular flexibility index (Phi) is 5.29. The largest absolute Gasteiger partial charge is 0.382 e. The number of unbranched alkanes of at least 4 members (excludes halogenated alkanes) is 1. The molecule has 7 heteroatoms. The molecule has 0 saturated heterocycles. The summed E-state index contributed by atoms with van der Waals surface area (Å²) in [5, 5.41) is 6.77. The topological polar surface area (TPSA) is 97.9 Å². The highest BCUT2D eigenvalue weighted by atomic mass is 16.2. The highest BCUT2D eigenvalue weighted by Gasteiger charge is 2.14. The number of hydrogen-bond donors (Lipinski definition) is 3. The third-order valence-corrected chi connectivity index (χ3v) is 4.93. The molecule has 4 N–H and O–H groups in total. The number of imidazole rings is 1. The van der Waals surface area contributed by atoms with Crippen LogP contribution in [0, 0.1) is 6.92 Å². The summed E-state index contributed by atoms with van der Waals surface area (Å²) in [5.74, 6) is 1.37. The van der Waals surface area contributed by atoms with E-state index in [4.69, 9.17) is 5.73 Å². The summed E-state index contributed by atoms with van der Waals surface area (Å²) in [4.78, 5) is 21.1. The van der Waals surface area contributed by atoms with E-state index in [1.807, 2.05) is 55.5 Å². The van der Waals surface area contributed by atoms with Gasteiger partial charge >= 0.3 is 6.03 Å². The van der Waals surface area contributed by atoms with Gasteiger partial charge in [0, 0.05) is 24.2 Å². The molecule has 0 fully saturated rings. The maximum atomic E-state index is 12.0. The van der Waals surface area contributed by atoms with Crippen molar-refractivity contribution >= 4 is 39.5 Å². The highest BCUT2D eigenvalue weighted by Crippen LogP contribution is 2.28. The molecule has 2 amide bonds. The number of nitrogens with zero attached hydrogens (tertiary/aromatic N) is 3. The number of aromatic nitrogens is 3. The Labute approximate surface area is 169 Å². The van der Waals surface area contributed by atoms with Crippen LogP contribution in [0.15, 0.2) is 54.6 Å². The van der Waals surface area contributed by atoms with Crippen LogP contribution in [0.1, 0.15) is 18.7 Å². The van der Waals surface area contributed by atoms with Crippen molar-refractivity contribution in [3.8, 4) is 0 Å². The molecule has 0 saturated carbocycles. The average Bonchev–Trinajstić information content (AvgIpc) is 3.06. The second-order valence-corrected chi connectivity index (χ2v) is 6.98. The quantitative estimate of drug-likeness (QED) is 0.434. The van der Waals surface area contributed by atoms with E-state index in [1.54, 1.807) is 0 Å². The maximum Gasteiger partial charge on any atom is 0.319 e. The van der Waals surface area contributed by atoms with E-state index in [0.29, 0.717) is 12.4 Å². The van der Waals surface area contributed by atoms with Crippen molar-refractivity contribution in [3.05, 3.63) is 60.4 Å². The van der Waals surface area contributed by atoms with E-state index in [9.17, 15) is 4.79 Å². The molecule has 0 aliphatic heterocycles. The lowest BCUT2D eigenvalue weighted by molar-refractivity contribution is 0.252. The number of anilines is 2. The summed E-state index contributed by atoms with van der Waals surface area (Å²) in [6.45, 7) is 3.40. The molecule has 4 rings (SSSR count). The van der Waals surface area contributed by atoms with Crippen LogP contribution in [-0.4, -0.2) is 27.1 Å². The number of urea groups is 1. The van der Waals surface area contributed by atoms with Gasteiger partial charge in [0.15, 0.2) is 5.82 Å². The first-order valence-corrected chi connectivity index (χ1v) is 9.74. The number of nitrogens with one attached hydrogen (secondary N) is 2. The SMILES string of the molecule is Cc1nc2c(N)nc3ccccc3c2n1CCCCNC(=O)Nc1ccccc1. The second kappa shape index (κ2) is 8.18. The first-order valence-electron chi connectivity index (χ1n) is 9.74. The van der Waals surface area contributed by atoms with Gasteiger partial charge in [0.2, 0.25) is 0 Å². The normalized spacial score (nSPS) is 11.1. The van der Waals surface area contributed by atoms with Gasteiger partial charge in [0.25, 0.3) is 0 Å². The average molecular weight is 388 g/mol. The van der Waals surface area contributed by atoms with Gasteiger partial charge in [-0.05, 0) is 38.0 Å². The number of carbonyl (C=O) groups excluding carboxylic acids is 1. The summed E-state index contributed by atoms with van der Waals surface area (Å²) < 4.78 is 2.19. The van der Waals surface area contributed by atoms with Gasteiger partial charge in [-0.15, -0.1) is 0 Å². The van der Waals surface area contributed by atoms with Crippen LogP contribution in [0.25, 0.3) is 21.9 Å². The van der Waals surface area contributed by atoms with Crippen molar-refractivity contribution in [3.63, 3.8) is 0 Å². The molecule has 29 heavy (non-hydrogen) atoms. The molecule has 0 aliphatic rings. The Bertz CT molecular complexity index is 1150. The van der Waals surface area contributed by atoms with Gasteiger partial charge in [0.05, 0.1) is 11.0 Å². The number of hydrogen-bond acceptors (Lipinski definition) is 4. The molecule has 148 valence electrons. The minimum absolute atomic E-state index is 0.190. The first-order chi connectivity index (χ1) is 14.1. The van der Waals surface area contributed by atoms with Gasteiger partial charge in [-0.1, -0.05) is 36.4 Å². The van der Waals surface area contributed by atoms with Crippen LogP contribution in [-0.2, 0) is 6.54 Å². The van der Waals surface area contributed by atoms with Crippen LogP contribution < -0.4 is 16.4 Å². The van der Waals surface area contributed by atoms with Crippen molar-refractivity contribution < 1.29 is 4.79 Å². The highest BCUT2D eigenvalue weighted by molar-refractivity contribution is 6.06. The van der Waals surface area contributed by atoms with Crippen molar-refractivity contribution in [2.75, 3.05) is 17.6 Å². The van der Waals surface area contributed by atoms with Crippen LogP contribution in [0.3, 0.4) is 0 Å². The molecule has 2 heterocycles.